The van der Waals surface area contributed by atoms with Gasteiger partial charge in [0.05, 0.1) is 5.56 Å². The van der Waals surface area contributed by atoms with Crippen LogP contribution in [0.5, 0.6) is 0 Å². The van der Waals surface area contributed by atoms with Crippen molar-refractivity contribution in [2.45, 2.75) is 13.8 Å². The number of H-pyrrole nitrogens is 1. The number of esters is 1. The number of benzene rings is 1. The van der Waals surface area contributed by atoms with Gasteiger partial charge in [-0.05, 0) is 12.0 Å². The first-order valence-corrected chi connectivity index (χ1v) is 6.58. The predicted molar refractivity (Wildman–Crippen MR) is 76.4 cm³/mol. The van der Waals surface area contributed by atoms with E-state index in [2.05, 4.69) is 10.3 Å². The molecule has 2 N–H and O–H groups in total. The minimum Gasteiger partial charge on any atom is -0.452 e. The van der Waals surface area contributed by atoms with Gasteiger partial charge < -0.3 is 15.0 Å². The molecule has 0 aliphatic rings. The maximum absolute atomic E-state index is 11.9. The number of carbonyl (C=O) groups excluding carboxylic acids is 2. The fourth-order valence-corrected chi connectivity index (χ4v) is 1.82. The van der Waals surface area contributed by atoms with E-state index in [4.69, 9.17) is 4.74 Å². The first-order valence-electron chi connectivity index (χ1n) is 6.58. The van der Waals surface area contributed by atoms with Gasteiger partial charge in [0.25, 0.3) is 5.91 Å². The van der Waals surface area contributed by atoms with Gasteiger partial charge in [0, 0.05) is 23.6 Å². The van der Waals surface area contributed by atoms with Crippen molar-refractivity contribution in [3.8, 4) is 0 Å². The molecule has 1 heterocycles. The van der Waals surface area contributed by atoms with Crippen LogP contribution >= 0.6 is 0 Å². The average Bonchev–Trinajstić information content (AvgIpc) is 2.86. The van der Waals surface area contributed by atoms with E-state index < -0.39 is 5.97 Å². The highest BCUT2D eigenvalue weighted by Crippen LogP contribution is 2.18. The molecule has 0 saturated carbocycles. The summed E-state index contributed by atoms with van der Waals surface area (Å²) in [6, 6.07) is 7.44. The summed E-state index contributed by atoms with van der Waals surface area (Å²) in [5, 5.41) is 3.49. The summed E-state index contributed by atoms with van der Waals surface area (Å²) in [6.07, 6.45) is 1.60. The van der Waals surface area contributed by atoms with Gasteiger partial charge in [-0.1, -0.05) is 32.0 Å². The molecule has 1 aromatic carbocycles. The van der Waals surface area contributed by atoms with Crippen molar-refractivity contribution >= 4 is 22.8 Å². The molecule has 0 unspecified atom stereocenters. The Kier molecular flexibility index (Phi) is 4.40. The lowest BCUT2D eigenvalue weighted by Gasteiger charge is -2.08. The zero-order chi connectivity index (χ0) is 14.5. The first-order chi connectivity index (χ1) is 9.58. The van der Waals surface area contributed by atoms with Crippen LogP contribution in [-0.2, 0) is 9.53 Å². The molecule has 5 nitrogen and oxygen atoms in total. The van der Waals surface area contributed by atoms with Gasteiger partial charge in [0.2, 0.25) is 0 Å². The van der Waals surface area contributed by atoms with E-state index in [1.54, 1.807) is 6.20 Å². The fraction of sp³-hybridized carbons (Fsp3) is 0.333. The molecule has 0 aliphatic heterocycles. The number of ether oxygens (including phenoxy) is 1. The van der Waals surface area contributed by atoms with E-state index in [0.717, 1.165) is 10.9 Å². The number of amides is 1. The largest absolute Gasteiger partial charge is 0.452 e. The van der Waals surface area contributed by atoms with E-state index in [-0.39, 0.29) is 12.5 Å². The van der Waals surface area contributed by atoms with Crippen LogP contribution in [0, 0.1) is 5.92 Å². The lowest BCUT2D eigenvalue weighted by molar-refractivity contribution is -0.124. The molecule has 0 spiro atoms. The van der Waals surface area contributed by atoms with Gasteiger partial charge in [-0.25, -0.2) is 4.79 Å². The van der Waals surface area contributed by atoms with Crippen molar-refractivity contribution in [3.63, 3.8) is 0 Å². The zero-order valence-electron chi connectivity index (χ0n) is 11.6. The van der Waals surface area contributed by atoms with E-state index >= 15 is 0 Å². The number of hydrogen-bond donors (Lipinski definition) is 2. The monoisotopic (exact) mass is 274 g/mol. The lowest BCUT2D eigenvalue weighted by atomic mass is 10.2. The van der Waals surface area contributed by atoms with Crippen molar-refractivity contribution < 1.29 is 14.3 Å². The van der Waals surface area contributed by atoms with Crippen molar-refractivity contribution in [1.82, 2.24) is 10.3 Å². The number of aromatic amines is 1. The summed E-state index contributed by atoms with van der Waals surface area (Å²) in [7, 11) is 0. The van der Waals surface area contributed by atoms with Crippen LogP contribution in [0.2, 0.25) is 0 Å². The second kappa shape index (κ2) is 6.23. The second-order valence-corrected chi connectivity index (χ2v) is 5.02. The van der Waals surface area contributed by atoms with Crippen LogP contribution in [0.15, 0.2) is 30.5 Å². The molecule has 0 fully saturated rings. The van der Waals surface area contributed by atoms with E-state index in [1.807, 2.05) is 38.1 Å². The molecule has 5 heteroatoms. The summed E-state index contributed by atoms with van der Waals surface area (Å²) in [6.45, 7) is 4.31. The Bertz CT molecular complexity index is 616. The highest BCUT2D eigenvalue weighted by atomic mass is 16.5. The number of rotatable bonds is 5. The van der Waals surface area contributed by atoms with Crippen LogP contribution in [-0.4, -0.2) is 30.0 Å². The van der Waals surface area contributed by atoms with Crippen molar-refractivity contribution in [3.05, 3.63) is 36.0 Å². The zero-order valence-corrected chi connectivity index (χ0v) is 11.6. The minimum atomic E-state index is -0.498. The predicted octanol–water partition coefficient (Wildman–Crippen LogP) is 2.10. The first kappa shape index (κ1) is 14.1. The Balaban J connectivity index is 1.94. The highest BCUT2D eigenvalue weighted by Gasteiger charge is 2.14. The summed E-state index contributed by atoms with van der Waals surface area (Å²) < 4.78 is 5.02. The maximum Gasteiger partial charge on any atom is 0.340 e. The van der Waals surface area contributed by atoms with Gasteiger partial charge in [-0.3, -0.25) is 4.79 Å². The Morgan fingerprint density at radius 2 is 2.05 bits per heavy atom. The molecular formula is C15H18N2O3. The Morgan fingerprint density at radius 3 is 2.80 bits per heavy atom. The van der Waals surface area contributed by atoms with Crippen molar-refractivity contribution in [2.75, 3.05) is 13.2 Å². The van der Waals surface area contributed by atoms with Gasteiger partial charge >= 0.3 is 5.97 Å². The SMILES string of the molecule is CC(C)CNC(=O)COC(=O)c1c[nH]c2ccccc12. The summed E-state index contributed by atoms with van der Waals surface area (Å²) in [4.78, 5) is 26.4. The Labute approximate surface area is 117 Å². The number of carbonyl (C=O) groups is 2. The molecule has 1 amide bonds. The average molecular weight is 274 g/mol. The van der Waals surface area contributed by atoms with Crippen molar-refractivity contribution in [1.29, 1.82) is 0 Å². The van der Waals surface area contributed by atoms with Crippen molar-refractivity contribution in [2.24, 2.45) is 5.92 Å². The third kappa shape index (κ3) is 3.38. The molecule has 2 rings (SSSR count). The van der Waals surface area contributed by atoms with Gasteiger partial charge in [-0.15, -0.1) is 0 Å². The molecule has 0 atom stereocenters. The number of fused-ring (bicyclic) bond motifs is 1. The molecule has 0 radical (unpaired) electrons. The van der Waals surface area contributed by atoms with Gasteiger partial charge in [0.1, 0.15) is 0 Å². The highest BCUT2D eigenvalue weighted by molar-refractivity contribution is 6.04. The quantitative estimate of drug-likeness (QED) is 0.820. The normalized spacial score (nSPS) is 10.8. The van der Waals surface area contributed by atoms with Crippen LogP contribution in [0.3, 0.4) is 0 Å². The third-order valence-electron chi connectivity index (χ3n) is 2.85. The molecule has 106 valence electrons. The summed E-state index contributed by atoms with van der Waals surface area (Å²) in [5.41, 5.74) is 1.31. The molecular weight excluding hydrogens is 256 g/mol. The maximum atomic E-state index is 11.9. The topological polar surface area (TPSA) is 71.2 Å². The van der Waals surface area contributed by atoms with Crippen LogP contribution in [0.4, 0.5) is 0 Å². The number of hydrogen-bond acceptors (Lipinski definition) is 3. The molecule has 0 saturated heterocycles. The summed E-state index contributed by atoms with van der Waals surface area (Å²) in [5.74, 6) is -0.419. The molecule has 20 heavy (non-hydrogen) atoms. The smallest absolute Gasteiger partial charge is 0.340 e. The second-order valence-electron chi connectivity index (χ2n) is 5.02. The van der Waals surface area contributed by atoms with Crippen LogP contribution < -0.4 is 5.32 Å². The van der Waals surface area contributed by atoms with E-state index in [0.29, 0.717) is 18.0 Å². The number of aromatic nitrogens is 1. The summed E-state index contributed by atoms with van der Waals surface area (Å²) >= 11 is 0. The molecule has 0 bridgehead atoms. The fourth-order valence-electron chi connectivity index (χ4n) is 1.82. The molecule has 2 aromatic rings. The lowest BCUT2D eigenvalue weighted by Crippen LogP contribution is -2.31. The van der Waals surface area contributed by atoms with E-state index in [9.17, 15) is 9.59 Å². The standard InChI is InChI=1S/C15H18N2O3/c1-10(2)7-17-14(18)9-20-15(19)12-8-16-13-6-4-3-5-11(12)13/h3-6,8,10,16H,7,9H2,1-2H3,(H,17,18). The van der Waals surface area contributed by atoms with Gasteiger partial charge in [-0.2, -0.15) is 0 Å². The van der Waals surface area contributed by atoms with E-state index in [1.165, 1.54) is 0 Å². The molecule has 0 aliphatic carbocycles. The van der Waals surface area contributed by atoms with Crippen LogP contribution in [0.1, 0.15) is 24.2 Å². The number of para-hydroxylation sites is 1. The minimum absolute atomic E-state index is 0.259. The Morgan fingerprint density at radius 1 is 1.30 bits per heavy atom. The molecule has 1 aromatic heterocycles. The number of nitrogens with one attached hydrogen (secondary N) is 2. The van der Waals surface area contributed by atoms with Crippen LogP contribution in [0.25, 0.3) is 10.9 Å². The Hall–Kier alpha value is -2.30. The third-order valence-corrected chi connectivity index (χ3v) is 2.85. The van der Waals surface area contributed by atoms with Gasteiger partial charge in [0.15, 0.2) is 6.61 Å².